The largest absolute Gasteiger partial charge is 0.294 e. The highest BCUT2D eigenvalue weighted by atomic mass is 16.1. The van der Waals surface area contributed by atoms with Crippen molar-refractivity contribution < 1.29 is 4.79 Å². The first kappa shape index (κ1) is 13.1. The molecule has 0 aliphatic heterocycles. The SMILES string of the molecule is Cc1ccc(CC(=O)/C2=C/CCCCCC2)cc1. The molecule has 1 aromatic rings. The van der Waals surface area contributed by atoms with Crippen LogP contribution in [-0.4, -0.2) is 5.78 Å². The summed E-state index contributed by atoms with van der Waals surface area (Å²) in [7, 11) is 0. The lowest BCUT2D eigenvalue weighted by Crippen LogP contribution is -2.08. The van der Waals surface area contributed by atoms with Crippen LogP contribution in [0.4, 0.5) is 0 Å². The van der Waals surface area contributed by atoms with Gasteiger partial charge < -0.3 is 0 Å². The van der Waals surface area contributed by atoms with Crippen LogP contribution >= 0.6 is 0 Å². The number of rotatable bonds is 3. The van der Waals surface area contributed by atoms with E-state index in [2.05, 4.69) is 37.3 Å². The van der Waals surface area contributed by atoms with E-state index in [-0.39, 0.29) is 0 Å². The van der Waals surface area contributed by atoms with Crippen molar-refractivity contribution in [1.82, 2.24) is 0 Å². The van der Waals surface area contributed by atoms with Crippen molar-refractivity contribution in [1.29, 1.82) is 0 Å². The van der Waals surface area contributed by atoms with E-state index in [9.17, 15) is 4.79 Å². The summed E-state index contributed by atoms with van der Waals surface area (Å²) in [5.41, 5.74) is 3.44. The second-order valence-electron chi connectivity index (χ2n) is 5.27. The van der Waals surface area contributed by atoms with Crippen molar-refractivity contribution in [3.63, 3.8) is 0 Å². The smallest absolute Gasteiger partial charge is 0.162 e. The first-order chi connectivity index (χ1) is 8.75. The summed E-state index contributed by atoms with van der Waals surface area (Å²) in [6, 6.07) is 8.29. The first-order valence-electron chi connectivity index (χ1n) is 7.03. The normalized spacial score (nSPS) is 19.5. The fourth-order valence-corrected chi connectivity index (χ4v) is 2.45. The minimum atomic E-state index is 0.320. The molecular weight excluding hydrogens is 220 g/mol. The second kappa shape index (κ2) is 6.53. The fourth-order valence-electron chi connectivity index (χ4n) is 2.45. The lowest BCUT2D eigenvalue weighted by atomic mass is 9.94. The van der Waals surface area contributed by atoms with E-state index in [1.54, 1.807) is 0 Å². The van der Waals surface area contributed by atoms with Gasteiger partial charge in [0.2, 0.25) is 0 Å². The highest BCUT2D eigenvalue weighted by molar-refractivity contribution is 5.96. The van der Waals surface area contributed by atoms with Crippen LogP contribution in [0.1, 0.15) is 49.7 Å². The van der Waals surface area contributed by atoms with Gasteiger partial charge in [0.25, 0.3) is 0 Å². The molecule has 96 valence electrons. The van der Waals surface area contributed by atoms with E-state index in [0.29, 0.717) is 12.2 Å². The number of carbonyl (C=O) groups is 1. The number of carbonyl (C=O) groups excluding carboxylic acids is 1. The predicted octanol–water partition coefficient (Wildman–Crippen LogP) is 4.39. The number of benzene rings is 1. The molecular formula is C17H22O. The molecule has 1 aliphatic rings. The van der Waals surface area contributed by atoms with Crippen molar-refractivity contribution in [2.75, 3.05) is 0 Å². The zero-order valence-corrected chi connectivity index (χ0v) is 11.2. The third-order valence-corrected chi connectivity index (χ3v) is 3.63. The third kappa shape index (κ3) is 3.83. The van der Waals surface area contributed by atoms with E-state index in [0.717, 1.165) is 24.0 Å². The molecule has 0 spiro atoms. The molecule has 0 heterocycles. The molecule has 1 nitrogen and oxygen atoms in total. The third-order valence-electron chi connectivity index (χ3n) is 3.63. The zero-order chi connectivity index (χ0) is 12.8. The molecule has 0 saturated carbocycles. The summed E-state index contributed by atoms with van der Waals surface area (Å²) in [5, 5.41) is 0. The molecule has 0 atom stereocenters. The van der Waals surface area contributed by atoms with Crippen LogP contribution < -0.4 is 0 Å². The Bertz CT molecular complexity index is 425. The lowest BCUT2D eigenvalue weighted by Gasteiger charge is -2.10. The van der Waals surface area contributed by atoms with Crippen LogP contribution in [0.3, 0.4) is 0 Å². The number of aryl methyl sites for hydroxylation is 1. The molecule has 2 rings (SSSR count). The van der Waals surface area contributed by atoms with Crippen LogP contribution in [0.15, 0.2) is 35.9 Å². The van der Waals surface area contributed by atoms with Gasteiger partial charge in [0.05, 0.1) is 0 Å². The molecule has 1 aliphatic carbocycles. The van der Waals surface area contributed by atoms with Gasteiger partial charge in [-0.25, -0.2) is 0 Å². The maximum absolute atomic E-state index is 12.2. The topological polar surface area (TPSA) is 17.1 Å². The van der Waals surface area contributed by atoms with E-state index in [1.165, 1.54) is 31.2 Å². The van der Waals surface area contributed by atoms with Gasteiger partial charge in [-0.2, -0.15) is 0 Å². The number of Topliss-reactive ketones (excluding diaryl/α,β-unsaturated/α-hetero) is 1. The number of hydrogen-bond acceptors (Lipinski definition) is 1. The summed E-state index contributed by atoms with van der Waals surface area (Å²) in [6.07, 6.45) is 9.79. The molecule has 0 bridgehead atoms. The minimum Gasteiger partial charge on any atom is -0.294 e. The number of hydrogen-bond donors (Lipinski definition) is 0. The minimum absolute atomic E-state index is 0.320. The van der Waals surface area contributed by atoms with Crippen LogP contribution in [0.25, 0.3) is 0 Å². The first-order valence-corrected chi connectivity index (χ1v) is 7.03. The molecule has 0 unspecified atom stereocenters. The maximum Gasteiger partial charge on any atom is 0.162 e. The van der Waals surface area contributed by atoms with Crippen LogP contribution in [-0.2, 0) is 11.2 Å². The molecule has 0 saturated heterocycles. The second-order valence-corrected chi connectivity index (χ2v) is 5.27. The Morgan fingerprint density at radius 2 is 1.78 bits per heavy atom. The average Bonchev–Trinajstić information content (AvgIpc) is 2.31. The molecule has 18 heavy (non-hydrogen) atoms. The van der Waals surface area contributed by atoms with Crippen molar-refractivity contribution >= 4 is 5.78 Å². The molecule has 0 radical (unpaired) electrons. The Morgan fingerprint density at radius 1 is 1.06 bits per heavy atom. The zero-order valence-electron chi connectivity index (χ0n) is 11.2. The van der Waals surface area contributed by atoms with E-state index < -0.39 is 0 Å². The van der Waals surface area contributed by atoms with Gasteiger partial charge in [-0.15, -0.1) is 0 Å². The van der Waals surface area contributed by atoms with Crippen LogP contribution in [0.5, 0.6) is 0 Å². The van der Waals surface area contributed by atoms with Crippen molar-refractivity contribution in [2.24, 2.45) is 0 Å². The van der Waals surface area contributed by atoms with E-state index in [1.807, 2.05) is 0 Å². The monoisotopic (exact) mass is 242 g/mol. The van der Waals surface area contributed by atoms with Gasteiger partial charge in [-0.05, 0) is 43.7 Å². The molecule has 1 aromatic carbocycles. The molecule has 0 N–H and O–H groups in total. The fraction of sp³-hybridized carbons (Fsp3) is 0.471. The molecule has 0 amide bonds. The van der Waals surface area contributed by atoms with Crippen LogP contribution in [0, 0.1) is 6.92 Å². The summed E-state index contributed by atoms with van der Waals surface area (Å²) >= 11 is 0. The summed E-state index contributed by atoms with van der Waals surface area (Å²) < 4.78 is 0. The van der Waals surface area contributed by atoms with Crippen LogP contribution in [0.2, 0.25) is 0 Å². The predicted molar refractivity (Wildman–Crippen MR) is 75.7 cm³/mol. The summed E-state index contributed by atoms with van der Waals surface area (Å²) in [4.78, 5) is 12.2. The molecule has 0 fully saturated rings. The molecule has 0 aromatic heterocycles. The Labute approximate surface area is 110 Å². The van der Waals surface area contributed by atoms with Gasteiger partial charge in [0, 0.05) is 6.42 Å². The summed E-state index contributed by atoms with van der Waals surface area (Å²) in [5.74, 6) is 0.320. The maximum atomic E-state index is 12.2. The summed E-state index contributed by atoms with van der Waals surface area (Å²) in [6.45, 7) is 2.07. The lowest BCUT2D eigenvalue weighted by molar-refractivity contribution is -0.115. The number of ketones is 1. The van der Waals surface area contributed by atoms with E-state index >= 15 is 0 Å². The van der Waals surface area contributed by atoms with E-state index in [4.69, 9.17) is 0 Å². The van der Waals surface area contributed by atoms with Gasteiger partial charge in [-0.1, -0.05) is 48.7 Å². The average molecular weight is 242 g/mol. The quantitative estimate of drug-likeness (QED) is 0.768. The molecule has 1 heteroatoms. The Morgan fingerprint density at radius 3 is 2.56 bits per heavy atom. The van der Waals surface area contributed by atoms with Crippen molar-refractivity contribution in [3.8, 4) is 0 Å². The van der Waals surface area contributed by atoms with Crippen molar-refractivity contribution in [2.45, 2.75) is 51.9 Å². The van der Waals surface area contributed by atoms with Gasteiger partial charge in [-0.3, -0.25) is 4.79 Å². The van der Waals surface area contributed by atoms with Crippen molar-refractivity contribution in [3.05, 3.63) is 47.0 Å². The Hall–Kier alpha value is -1.37. The van der Waals surface area contributed by atoms with Gasteiger partial charge >= 0.3 is 0 Å². The highest BCUT2D eigenvalue weighted by Gasteiger charge is 2.11. The standard InChI is InChI=1S/C17H22O/c1-14-9-11-15(12-10-14)13-17(18)16-7-5-3-2-4-6-8-16/h7,9-12H,2-6,8,13H2,1H3/b16-7+. The Balaban J connectivity index is 1.99. The number of allylic oxidation sites excluding steroid dienone is 2. The van der Waals surface area contributed by atoms with Gasteiger partial charge in [0.1, 0.15) is 0 Å². The van der Waals surface area contributed by atoms with Gasteiger partial charge in [0.15, 0.2) is 5.78 Å². The highest BCUT2D eigenvalue weighted by Crippen LogP contribution is 2.19. The Kier molecular flexibility index (Phi) is 4.74.